The van der Waals surface area contributed by atoms with Gasteiger partial charge >= 0.3 is 0 Å². The molecule has 0 unspecified atom stereocenters. The fourth-order valence-corrected chi connectivity index (χ4v) is 1.42. The zero-order valence-electron chi connectivity index (χ0n) is 8.34. The maximum Gasteiger partial charge on any atom is 0.188 e. The van der Waals surface area contributed by atoms with Gasteiger partial charge in [0.1, 0.15) is 6.61 Å². The number of Topliss-reactive ketones (excluding diaryl/α,β-unsaturated/α-hetero) is 1. The maximum atomic E-state index is 11.5. The van der Waals surface area contributed by atoms with Crippen LogP contribution in [0.4, 0.5) is 0 Å². The van der Waals surface area contributed by atoms with E-state index in [1.807, 2.05) is 32.0 Å². The summed E-state index contributed by atoms with van der Waals surface area (Å²) in [5.41, 5.74) is 1.81. The Hall–Kier alpha value is -0.670. The Bertz CT molecular complexity index is 334. The number of carbonyl (C=O) groups is 1. The van der Waals surface area contributed by atoms with E-state index in [2.05, 4.69) is 15.9 Å². The Balaban J connectivity index is 2.76. The third-order valence-electron chi connectivity index (χ3n) is 1.93. The smallest absolute Gasteiger partial charge is 0.188 e. The maximum absolute atomic E-state index is 11.5. The van der Waals surface area contributed by atoms with Gasteiger partial charge in [0.2, 0.25) is 0 Å². The van der Waals surface area contributed by atoms with Crippen LogP contribution >= 0.6 is 15.9 Å². The van der Waals surface area contributed by atoms with Crippen LogP contribution in [0.15, 0.2) is 22.7 Å². The van der Waals surface area contributed by atoms with Gasteiger partial charge in [-0.3, -0.25) is 4.79 Å². The van der Waals surface area contributed by atoms with E-state index in [0.29, 0.717) is 12.2 Å². The molecule has 0 amide bonds. The number of ether oxygens (including phenoxy) is 1. The van der Waals surface area contributed by atoms with Crippen molar-refractivity contribution in [2.24, 2.45) is 0 Å². The summed E-state index contributed by atoms with van der Waals surface area (Å²) in [4.78, 5) is 11.5. The Morgan fingerprint density at radius 3 is 2.79 bits per heavy atom. The molecular formula is C11H13BrO2. The van der Waals surface area contributed by atoms with Crippen molar-refractivity contribution in [2.45, 2.75) is 13.8 Å². The largest absolute Gasteiger partial charge is 0.374 e. The van der Waals surface area contributed by atoms with Crippen LogP contribution in [0.5, 0.6) is 0 Å². The van der Waals surface area contributed by atoms with Crippen LogP contribution in [-0.2, 0) is 4.74 Å². The molecule has 2 nitrogen and oxygen atoms in total. The van der Waals surface area contributed by atoms with Gasteiger partial charge < -0.3 is 4.74 Å². The molecule has 0 atom stereocenters. The first kappa shape index (κ1) is 11.4. The van der Waals surface area contributed by atoms with E-state index in [4.69, 9.17) is 4.74 Å². The summed E-state index contributed by atoms with van der Waals surface area (Å²) in [7, 11) is 0. The Kier molecular flexibility index (Phi) is 4.29. The topological polar surface area (TPSA) is 26.3 Å². The van der Waals surface area contributed by atoms with Gasteiger partial charge in [-0.25, -0.2) is 0 Å². The monoisotopic (exact) mass is 256 g/mol. The predicted molar refractivity (Wildman–Crippen MR) is 59.7 cm³/mol. The Labute approximate surface area is 92.4 Å². The van der Waals surface area contributed by atoms with Crippen LogP contribution in [0.3, 0.4) is 0 Å². The first-order valence-electron chi connectivity index (χ1n) is 4.52. The number of hydrogen-bond acceptors (Lipinski definition) is 2. The van der Waals surface area contributed by atoms with Crippen molar-refractivity contribution in [3.8, 4) is 0 Å². The first-order chi connectivity index (χ1) is 6.65. The minimum absolute atomic E-state index is 0.0209. The van der Waals surface area contributed by atoms with Gasteiger partial charge in [-0.05, 0) is 25.5 Å². The number of rotatable bonds is 4. The number of benzene rings is 1. The first-order valence-corrected chi connectivity index (χ1v) is 5.31. The van der Waals surface area contributed by atoms with Gasteiger partial charge in [-0.1, -0.05) is 28.1 Å². The van der Waals surface area contributed by atoms with Crippen LogP contribution in [0, 0.1) is 6.92 Å². The molecule has 0 aromatic heterocycles. The van der Waals surface area contributed by atoms with Gasteiger partial charge in [-0.15, -0.1) is 0 Å². The number of ketones is 1. The SMILES string of the molecule is CCOCC(=O)c1ccc(C)c(Br)c1. The molecule has 0 saturated heterocycles. The fraction of sp³-hybridized carbons (Fsp3) is 0.364. The third-order valence-corrected chi connectivity index (χ3v) is 2.79. The molecule has 0 radical (unpaired) electrons. The minimum Gasteiger partial charge on any atom is -0.374 e. The lowest BCUT2D eigenvalue weighted by molar-refractivity contribution is 0.0783. The molecule has 76 valence electrons. The zero-order valence-corrected chi connectivity index (χ0v) is 9.93. The molecule has 3 heteroatoms. The van der Waals surface area contributed by atoms with E-state index in [-0.39, 0.29) is 12.4 Å². The molecule has 0 bridgehead atoms. The van der Waals surface area contributed by atoms with Crippen molar-refractivity contribution in [3.63, 3.8) is 0 Å². The second kappa shape index (κ2) is 5.27. The molecule has 0 aliphatic rings. The number of hydrogen-bond donors (Lipinski definition) is 0. The van der Waals surface area contributed by atoms with Gasteiger partial charge in [0.15, 0.2) is 5.78 Å². The molecule has 14 heavy (non-hydrogen) atoms. The van der Waals surface area contributed by atoms with E-state index < -0.39 is 0 Å². The van der Waals surface area contributed by atoms with Crippen molar-refractivity contribution < 1.29 is 9.53 Å². The quantitative estimate of drug-likeness (QED) is 0.775. The summed E-state index contributed by atoms with van der Waals surface area (Å²) in [6.07, 6.45) is 0. The lowest BCUT2D eigenvalue weighted by atomic mass is 10.1. The van der Waals surface area contributed by atoms with Crippen molar-refractivity contribution in [1.29, 1.82) is 0 Å². The summed E-state index contributed by atoms with van der Waals surface area (Å²) in [5.74, 6) is 0.0209. The third kappa shape index (κ3) is 2.93. The van der Waals surface area contributed by atoms with Crippen molar-refractivity contribution in [3.05, 3.63) is 33.8 Å². The van der Waals surface area contributed by atoms with Gasteiger partial charge in [0, 0.05) is 16.6 Å². The second-order valence-corrected chi connectivity index (χ2v) is 3.88. The summed E-state index contributed by atoms with van der Waals surface area (Å²) in [5, 5.41) is 0. The van der Waals surface area contributed by atoms with Crippen LogP contribution in [0.2, 0.25) is 0 Å². The summed E-state index contributed by atoms with van der Waals surface area (Å²) in [6, 6.07) is 5.57. The molecule has 0 fully saturated rings. The van der Waals surface area contributed by atoms with Gasteiger partial charge in [0.25, 0.3) is 0 Å². The van der Waals surface area contributed by atoms with E-state index in [0.717, 1.165) is 10.0 Å². The second-order valence-electron chi connectivity index (χ2n) is 3.02. The molecule has 0 spiro atoms. The van der Waals surface area contributed by atoms with Crippen LogP contribution in [0.1, 0.15) is 22.8 Å². The normalized spacial score (nSPS) is 10.2. The lowest BCUT2D eigenvalue weighted by Crippen LogP contribution is -2.08. The predicted octanol–water partition coefficient (Wildman–Crippen LogP) is 2.98. The average molecular weight is 257 g/mol. The molecule has 1 aromatic carbocycles. The molecular weight excluding hydrogens is 244 g/mol. The average Bonchev–Trinajstić information content (AvgIpc) is 2.18. The number of carbonyl (C=O) groups excluding carboxylic acids is 1. The molecule has 0 N–H and O–H groups in total. The summed E-state index contributed by atoms with van der Waals surface area (Å²) < 4.78 is 6.01. The Morgan fingerprint density at radius 2 is 2.21 bits per heavy atom. The molecule has 0 aliphatic heterocycles. The number of halogens is 1. The highest BCUT2D eigenvalue weighted by Crippen LogP contribution is 2.17. The molecule has 1 rings (SSSR count). The van der Waals surface area contributed by atoms with Crippen molar-refractivity contribution in [2.75, 3.05) is 13.2 Å². The lowest BCUT2D eigenvalue weighted by Gasteiger charge is -2.03. The fourth-order valence-electron chi connectivity index (χ4n) is 1.04. The summed E-state index contributed by atoms with van der Waals surface area (Å²) in [6.45, 7) is 4.59. The zero-order chi connectivity index (χ0) is 10.6. The molecule has 0 saturated carbocycles. The Morgan fingerprint density at radius 1 is 1.50 bits per heavy atom. The van der Waals surface area contributed by atoms with E-state index in [1.165, 1.54) is 0 Å². The van der Waals surface area contributed by atoms with Crippen LogP contribution in [0.25, 0.3) is 0 Å². The van der Waals surface area contributed by atoms with Crippen molar-refractivity contribution in [1.82, 2.24) is 0 Å². The molecule has 0 heterocycles. The highest BCUT2D eigenvalue weighted by atomic mass is 79.9. The van der Waals surface area contributed by atoms with E-state index >= 15 is 0 Å². The van der Waals surface area contributed by atoms with Gasteiger partial charge in [0.05, 0.1) is 0 Å². The highest BCUT2D eigenvalue weighted by molar-refractivity contribution is 9.10. The van der Waals surface area contributed by atoms with E-state index in [1.54, 1.807) is 0 Å². The molecule has 1 aromatic rings. The summed E-state index contributed by atoms with van der Waals surface area (Å²) >= 11 is 3.39. The molecule has 0 aliphatic carbocycles. The van der Waals surface area contributed by atoms with Crippen LogP contribution in [-0.4, -0.2) is 19.0 Å². The standard InChI is InChI=1S/C11H13BrO2/c1-3-14-7-11(13)9-5-4-8(2)10(12)6-9/h4-6H,3,7H2,1-2H3. The minimum atomic E-state index is 0.0209. The number of aryl methyl sites for hydroxylation is 1. The van der Waals surface area contributed by atoms with Gasteiger partial charge in [-0.2, -0.15) is 0 Å². The van der Waals surface area contributed by atoms with Crippen molar-refractivity contribution >= 4 is 21.7 Å². The van der Waals surface area contributed by atoms with Crippen LogP contribution < -0.4 is 0 Å². The highest BCUT2D eigenvalue weighted by Gasteiger charge is 2.06. The van der Waals surface area contributed by atoms with E-state index in [9.17, 15) is 4.79 Å².